The topological polar surface area (TPSA) is 65.5 Å². The van der Waals surface area contributed by atoms with Crippen LogP contribution >= 0.6 is 11.6 Å². The fraction of sp³-hybridized carbons (Fsp3) is 0.571. The highest BCUT2D eigenvalue weighted by Crippen LogP contribution is 2.06. The lowest BCUT2D eigenvalue weighted by molar-refractivity contribution is 0.119. The van der Waals surface area contributed by atoms with E-state index in [1.165, 1.54) is 0 Å². The summed E-state index contributed by atoms with van der Waals surface area (Å²) < 4.78 is 0. The Morgan fingerprint density at radius 3 is 2.65 bits per heavy atom. The summed E-state index contributed by atoms with van der Waals surface area (Å²) in [4.78, 5) is 17.6. The van der Waals surface area contributed by atoms with E-state index in [1.54, 1.807) is 24.1 Å². The average Bonchev–Trinajstić information content (AvgIpc) is 2.37. The normalized spacial score (nSPS) is 12.3. The number of aromatic nitrogens is 1. The molecule has 2 N–H and O–H groups in total. The molecular weight excluding hydrogens is 278 g/mol. The van der Waals surface area contributed by atoms with Gasteiger partial charge in [-0.15, -0.1) is 0 Å². The molecule has 1 aromatic heterocycles. The number of nitrogens with one attached hydrogen (secondary N) is 1. The van der Waals surface area contributed by atoms with Crippen LogP contribution in [0.1, 0.15) is 26.3 Å². The van der Waals surface area contributed by atoms with Gasteiger partial charge in [-0.1, -0.05) is 17.7 Å². The van der Waals surface area contributed by atoms with Gasteiger partial charge in [0, 0.05) is 25.3 Å². The largest absolute Gasteiger partial charge is 0.392 e. The number of hydrogen-bond donors (Lipinski definition) is 2. The van der Waals surface area contributed by atoms with E-state index in [4.69, 9.17) is 11.6 Å². The molecule has 0 saturated carbocycles. The molecule has 0 aromatic carbocycles. The molecule has 20 heavy (non-hydrogen) atoms. The molecule has 112 valence electrons. The molecule has 0 bridgehead atoms. The van der Waals surface area contributed by atoms with E-state index in [9.17, 15) is 9.90 Å². The first-order chi connectivity index (χ1) is 9.40. The summed E-state index contributed by atoms with van der Waals surface area (Å²) in [6, 6.07) is 3.49. The van der Waals surface area contributed by atoms with Gasteiger partial charge < -0.3 is 15.3 Å². The van der Waals surface area contributed by atoms with Crippen molar-refractivity contribution in [2.75, 3.05) is 13.1 Å². The highest BCUT2D eigenvalue weighted by atomic mass is 35.5. The van der Waals surface area contributed by atoms with Gasteiger partial charge in [0.1, 0.15) is 5.15 Å². The van der Waals surface area contributed by atoms with Crippen LogP contribution in [0.2, 0.25) is 5.15 Å². The second kappa shape index (κ2) is 8.07. The van der Waals surface area contributed by atoms with Crippen LogP contribution in [0.15, 0.2) is 18.3 Å². The maximum Gasteiger partial charge on any atom is 0.317 e. The zero-order valence-corrected chi connectivity index (χ0v) is 12.9. The molecule has 1 unspecified atom stereocenters. The zero-order valence-electron chi connectivity index (χ0n) is 12.1. The highest BCUT2D eigenvalue weighted by Gasteiger charge is 2.17. The number of rotatable bonds is 6. The van der Waals surface area contributed by atoms with Crippen LogP contribution in [-0.2, 0) is 6.42 Å². The molecule has 1 rings (SSSR count). The maximum atomic E-state index is 12.0. The van der Waals surface area contributed by atoms with Crippen LogP contribution < -0.4 is 5.32 Å². The third kappa shape index (κ3) is 5.75. The lowest BCUT2D eigenvalue weighted by Gasteiger charge is -2.28. The number of carbonyl (C=O) groups is 1. The van der Waals surface area contributed by atoms with Crippen molar-refractivity contribution in [2.45, 2.75) is 39.3 Å². The van der Waals surface area contributed by atoms with Gasteiger partial charge in [-0.3, -0.25) is 0 Å². The van der Waals surface area contributed by atoms with Crippen LogP contribution in [0, 0.1) is 0 Å². The number of carbonyl (C=O) groups excluding carboxylic acids is 1. The summed E-state index contributed by atoms with van der Waals surface area (Å²) in [6.07, 6.45) is 1.85. The molecule has 0 aliphatic rings. The lowest BCUT2D eigenvalue weighted by Crippen LogP contribution is -2.47. The number of urea groups is 1. The van der Waals surface area contributed by atoms with Gasteiger partial charge in [-0.05, 0) is 38.8 Å². The number of hydrogen-bond acceptors (Lipinski definition) is 3. The first-order valence-electron chi connectivity index (χ1n) is 6.73. The van der Waals surface area contributed by atoms with Crippen molar-refractivity contribution in [3.8, 4) is 0 Å². The van der Waals surface area contributed by atoms with Crippen LogP contribution in [0.25, 0.3) is 0 Å². The Balaban J connectivity index is 2.43. The van der Waals surface area contributed by atoms with E-state index in [1.807, 2.05) is 19.9 Å². The summed E-state index contributed by atoms with van der Waals surface area (Å²) >= 11 is 5.71. The van der Waals surface area contributed by atoms with Crippen molar-refractivity contribution in [2.24, 2.45) is 0 Å². The maximum absolute atomic E-state index is 12.0. The van der Waals surface area contributed by atoms with Crippen molar-refractivity contribution in [1.29, 1.82) is 0 Å². The molecule has 0 fully saturated rings. The van der Waals surface area contributed by atoms with Gasteiger partial charge in [0.25, 0.3) is 0 Å². The second-order valence-electron chi connectivity index (χ2n) is 5.07. The minimum atomic E-state index is -0.538. The smallest absolute Gasteiger partial charge is 0.317 e. The second-order valence-corrected chi connectivity index (χ2v) is 5.45. The summed E-state index contributed by atoms with van der Waals surface area (Å²) in [7, 11) is 0. The number of amides is 2. The summed E-state index contributed by atoms with van der Waals surface area (Å²) in [5.41, 5.74) is 1.02. The molecule has 0 saturated heterocycles. The molecule has 0 aliphatic heterocycles. The van der Waals surface area contributed by atoms with E-state index in [0.29, 0.717) is 24.7 Å². The molecule has 1 heterocycles. The first-order valence-corrected chi connectivity index (χ1v) is 7.11. The quantitative estimate of drug-likeness (QED) is 0.790. The Kier molecular flexibility index (Phi) is 6.75. The third-order valence-electron chi connectivity index (χ3n) is 2.82. The van der Waals surface area contributed by atoms with E-state index < -0.39 is 6.10 Å². The molecule has 0 radical (unpaired) electrons. The van der Waals surface area contributed by atoms with Crippen molar-refractivity contribution in [1.82, 2.24) is 15.2 Å². The Bertz CT molecular complexity index is 421. The van der Waals surface area contributed by atoms with E-state index in [2.05, 4.69) is 10.3 Å². The summed E-state index contributed by atoms with van der Waals surface area (Å²) in [5, 5.41) is 12.7. The predicted molar refractivity (Wildman–Crippen MR) is 79.9 cm³/mol. The SMILES string of the molecule is CC(O)CN(C(=O)NCCc1ccc(Cl)nc1)C(C)C. The standard InChI is InChI=1S/C14H22ClN3O2/c1-10(2)18(9-11(3)19)14(20)16-7-6-12-4-5-13(15)17-8-12/h4-5,8,10-11,19H,6-7,9H2,1-3H3,(H,16,20). The van der Waals surface area contributed by atoms with Gasteiger partial charge in [-0.2, -0.15) is 0 Å². The van der Waals surface area contributed by atoms with Gasteiger partial charge in [0.2, 0.25) is 0 Å². The minimum absolute atomic E-state index is 0.0433. The molecule has 2 amide bonds. The van der Waals surface area contributed by atoms with Crippen molar-refractivity contribution in [3.63, 3.8) is 0 Å². The Morgan fingerprint density at radius 1 is 1.45 bits per heavy atom. The van der Waals surface area contributed by atoms with E-state index in [-0.39, 0.29) is 12.1 Å². The Morgan fingerprint density at radius 2 is 2.15 bits per heavy atom. The number of pyridine rings is 1. The number of aliphatic hydroxyl groups excluding tert-OH is 1. The fourth-order valence-corrected chi connectivity index (χ4v) is 1.89. The van der Waals surface area contributed by atoms with E-state index >= 15 is 0 Å². The fourth-order valence-electron chi connectivity index (χ4n) is 1.78. The highest BCUT2D eigenvalue weighted by molar-refractivity contribution is 6.29. The monoisotopic (exact) mass is 299 g/mol. The molecule has 1 atom stereocenters. The lowest BCUT2D eigenvalue weighted by atomic mass is 10.2. The van der Waals surface area contributed by atoms with Crippen molar-refractivity contribution >= 4 is 17.6 Å². The van der Waals surface area contributed by atoms with Crippen LogP contribution in [0.3, 0.4) is 0 Å². The average molecular weight is 300 g/mol. The summed E-state index contributed by atoms with van der Waals surface area (Å²) in [5.74, 6) is 0. The molecule has 1 aromatic rings. The molecule has 0 spiro atoms. The molecule has 0 aliphatic carbocycles. The molecule has 6 heteroatoms. The van der Waals surface area contributed by atoms with Crippen molar-refractivity contribution in [3.05, 3.63) is 29.0 Å². The minimum Gasteiger partial charge on any atom is -0.392 e. The van der Waals surface area contributed by atoms with Crippen molar-refractivity contribution < 1.29 is 9.90 Å². The van der Waals surface area contributed by atoms with Crippen LogP contribution in [-0.4, -0.2) is 46.3 Å². The predicted octanol–water partition coefficient (Wildman–Crippen LogP) is 2.08. The van der Waals surface area contributed by atoms with E-state index in [0.717, 1.165) is 5.56 Å². The number of nitrogens with zero attached hydrogens (tertiary/aromatic N) is 2. The first kappa shape index (κ1) is 16.7. The number of aliphatic hydroxyl groups is 1. The van der Waals surface area contributed by atoms with Gasteiger partial charge >= 0.3 is 6.03 Å². The third-order valence-corrected chi connectivity index (χ3v) is 3.05. The Labute approximate surface area is 125 Å². The zero-order chi connectivity index (χ0) is 15.1. The molecule has 5 nitrogen and oxygen atoms in total. The number of halogens is 1. The van der Waals surface area contributed by atoms with Gasteiger partial charge in [0.15, 0.2) is 0 Å². The van der Waals surface area contributed by atoms with Crippen LogP contribution in [0.5, 0.6) is 0 Å². The molecular formula is C14H22ClN3O2. The van der Waals surface area contributed by atoms with Gasteiger partial charge in [-0.25, -0.2) is 9.78 Å². The summed E-state index contributed by atoms with van der Waals surface area (Å²) in [6.45, 7) is 6.36. The van der Waals surface area contributed by atoms with Gasteiger partial charge in [0.05, 0.1) is 6.10 Å². The van der Waals surface area contributed by atoms with Crippen LogP contribution in [0.4, 0.5) is 4.79 Å². The Hall–Kier alpha value is -1.33.